The lowest BCUT2D eigenvalue weighted by atomic mass is 10.0. The van der Waals surface area contributed by atoms with Gasteiger partial charge in [0.1, 0.15) is 20.5 Å². The molecule has 0 bridgehead atoms. The second-order valence-corrected chi connectivity index (χ2v) is 11.9. The van der Waals surface area contributed by atoms with Crippen LogP contribution >= 0.6 is 34.0 Å². The maximum absolute atomic E-state index is 13.0. The van der Waals surface area contributed by atoms with Crippen molar-refractivity contribution in [2.75, 3.05) is 25.5 Å². The first-order chi connectivity index (χ1) is 17.1. The van der Waals surface area contributed by atoms with Gasteiger partial charge in [-0.25, -0.2) is 9.97 Å². The Morgan fingerprint density at radius 1 is 1.14 bits per heavy atom. The van der Waals surface area contributed by atoms with Crippen LogP contribution in [-0.4, -0.2) is 45.9 Å². The fourth-order valence-corrected chi connectivity index (χ4v) is 7.67. The van der Waals surface area contributed by atoms with Crippen molar-refractivity contribution in [3.05, 3.63) is 58.2 Å². The molecule has 5 aromatic rings. The SMILES string of the molecule is CN(CCC(=O)Nc1sc2c(c1-c1nc3cnccc3s1)CCNC2)Cc1nc2ccccc2s1.[HH]. The Hall–Kier alpha value is -2.76. The van der Waals surface area contributed by atoms with Gasteiger partial charge in [-0.3, -0.25) is 14.7 Å². The van der Waals surface area contributed by atoms with Gasteiger partial charge in [-0.2, -0.15) is 0 Å². The molecule has 7 nitrogen and oxygen atoms in total. The number of hydrogen-bond donors (Lipinski definition) is 2. The summed E-state index contributed by atoms with van der Waals surface area (Å²) in [4.78, 5) is 30.2. The van der Waals surface area contributed by atoms with Crippen molar-refractivity contribution in [2.24, 2.45) is 0 Å². The van der Waals surface area contributed by atoms with Gasteiger partial charge in [0.05, 0.1) is 27.7 Å². The van der Waals surface area contributed by atoms with Gasteiger partial charge >= 0.3 is 0 Å². The van der Waals surface area contributed by atoms with Crippen LogP contribution in [0, 0.1) is 0 Å². The molecule has 0 spiro atoms. The first kappa shape index (κ1) is 22.7. The van der Waals surface area contributed by atoms with E-state index in [1.807, 2.05) is 31.3 Å². The molecule has 0 aliphatic carbocycles. The third-order valence-corrected chi connectivity index (χ3v) is 9.27. The zero-order chi connectivity index (χ0) is 23.8. The minimum absolute atomic E-state index is 0. The average Bonchev–Trinajstić information content (AvgIpc) is 3.56. The van der Waals surface area contributed by atoms with Crippen LogP contribution in [0.1, 0.15) is 23.3 Å². The Kier molecular flexibility index (Phi) is 6.29. The molecule has 0 saturated carbocycles. The normalized spacial score (nSPS) is 13.5. The second-order valence-electron chi connectivity index (χ2n) is 8.61. The molecule has 4 aromatic heterocycles. The summed E-state index contributed by atoms with van der Waals surface area (Å²) in [5, 5.41) is 9.59. The monoisotopic (exact) mass is 522 g/mol. The van der Waals surface area contributed by atoms with Crippen molar-refractivity contribution in [3.63, 3.8) is 0 Å². The zero-order valence-corrected chi connectivity index (χ0v) is 21.7. The molecule has 35 heavy (non-hydrogen) atoms. The number of thiazole rings is 2. The standard InChI is InChI=1S/C25H24N6OS3.H2/c1-31(14-22-28-16-4-2-3-5-18(16)33-22)11-8-21(32)30-25-23(15-6-9-27-13-20(15)35-25)24-29-17-12-26-10-7-19(17)34-24;/h2-5,7,10,12,27H,6,8-9,11,13-14H2,1H3,(H,30,32);1H. The molecular formula is C25H26N6OS3. The van der Waals surface area contributed by atoms with Gasteiger partial charge in [-0.1, -0.05) is 12.1 Å². The van der Waals surface area contributed by atoms with Gasteiger partial charge in [-0.05, 0) is 43.8 Å². The second kappa shape index (κ2) is 9.71. The van der Waals surface area contributed by atoms with Crippen LogP contribution in [0.4, 0.5) is 5.00 Å². The molecule has 0 radical (unpaired) electrons. The van der Waals surface area contributed by atoms with Crippen LogP contribution in [0.25, 0.3) is 31.0 Å². The molecule has 180 valence electrons. The fraction of sp³-hybridized carbons (Fsp3) is 0.280. The molecular weight excluding hydrogens is 497 g/mol. The predicted molar refractivity (Wildman–Crippen MR) is 147 cm³/mol. The largest absolute Gasteiger partial charge is 0.317 e. The van der Waals surface area contributed by atoms with Gasteiger partial charge in [0.2, 0.25) is 5.91 Å². The molecule has 0 saturated heterocycles. The van der Waals surface area contributed by atoms with E-state index in [0.717, 1.165) is 62.4 Å². The Labute approximate surface area is 216 Å². The third-order valence-electron chi connectivity index (χ3n) is 6.05. The van der Waals surface area contributed by atoms with E-state index in [1.165, 1.54) is 15.1 Å². The molecule has 10 heteroatoms. The van der Waals surface area contributed by atoms with E-state index in [-0.39, 0.29) is 7.33 Å². The summed E-state index contributed by atoms with van der Waals surface area (Å²) >= 11 is 5.04. The molecule has 0 unspecified atom stereocenters. The minimum Gasteiger partial charge on any atom is -0.317 e. The molecule has 5 heterocycles. The maximum atomic E-state index is 13.0. The van der Waals surface area contributed by atoms with Gasteiger partial charge in [0, 0.05) is 37.6 Å². The van der Waals surface area contributed by atoms with Gasteiger partial charge in [0.15, 0.2) is 0 Å². The van der Waals surface area contributed by atoms with E-state index in [4.69, 9.17) is 9.97 Å². The number of carbonyl (C=O) groups excluding carboxylic acids is 1. The maximum Gasteiger partial charge on any atom is 0.226 e. The third kappa shape index (κ3) is 4.72. The van der Waals surface area contributed by atoms with Crippen molar-refractivity contribution in [1.29, 1.82) is 0 Å². The van der Waals surface area contributed by atoms with Crippen LogP contribution in [0.5, 0.6) is 0 Å². The highest BCUT2D eigenvalue weighted by Crippen LogP contribution is 2.44. The number of hydrogen-bond acceptors (Lipinski definition) is 9. The zero-order valence-electron chi connectivity index (χ0n) is 19.2. The highest BCUT2D eigenvalue weighted by molar-refractivity contribution is 7.23. The van der Waals surface area contributed by atoms with Gasteiger partial charge in [0.25, 0.3) is 0 Å². The number of rotatable bonds is 7. The van der Waals surface area contributed by atoms with E-state index in [0.29, 0.717) is 13.0 Å². The number of aromatic nitrogens is 3. The van der Waals surface area contributed by atoms with E-state index in [1.54, 1.807) is 46.4 Å². The van der Waals surface area contributed by atoms with Crippen LogP contribution in [0.2, 0.25) is 0 Å². The molecule has 0 fully saturated rings. The van der Waals surface area contributed by atoms with Crippen molar-refractivity contribution in [1.82, 2.24) is 25.2 Å². The summed E-state index contributed by atoms with van der Waals surface area (Å²) in [6.07, 6.45) is 4.96. The predicted octanol–water partition coefficient (Wildman–Crippen LogP) is 5.38. The molecule has 0 atom stereocenters. The van der Waals surface area contributed by atoms with Crippen LogP contribution in [0.15, 0.2) is 42.7 Å². The summed E-state index contributed by atoms with van der Waals surface area (Å²) in [5.74, 6) is 0.0248. The Morgan fingerprint density at radius 2 is 2.03 bits per heavy atom. The van der Waals surface area contributed by atoms with E-state index >= 15 is 0 Å². The van der Waals surface area contributed by atoms with Crippen molar-refractivity contribution < 1.29 is 6.22 Å². The molecule has 6 rings (SSSR count). The van der Waals surface area contributed by atoms with Crippen LogP contribution in [-0.2, 0) is 24.3 Å². The van der Waals surface area contributed by atoms with E-state index < -0.39 is 0 Å². The lowest BCUT2D eigenvalue weighted by Crippen LogP contribution is -2.24. The number of nitrogens with zero attached hydrogens (tertiary/aromatic N) is 4. The van der Waals surface area contributed by atoms with Gasteiger partial charge in [-0.15, -0.1) is 34.0 Å². The van der Waals surface area contributed by atoms with Crippen molar-refractivity contribution in [2.45, 2.75) is 25.9 Å². The lowest BCUT2D eigenvalue weighted by molar-refractivity contribution is -0.116. The topological polar surface area (TPSA) is 83.0 Å². The molecule has 1 aliphatic rings. The summed E-state index contributed by atoms with van der Waals surface area (Å²) < 4.78 is 2.31. The Morgan fingerprint density at radius 3 is 2.91 bits per heavy atom. The highest BCUT2D eigenvalue weighted by Gasteiger charge is 2.25. The number of amides is 1. The fourth-order valence-electron chi connectivity index (χ4n) is 4.32. The summed E-state index contributed by atoms with van der Waals surface area (Å²) in [6.45, 7) is 3.17. The molecule has 2 N–H and O–H groups in total. The number of thiophene rings is 1. The quantitative estimate of drug-likeness (QED) is 0.299. The Balaban J connectivity index is 0.00000267. The first-order valence-corrected chi connectivity index (χ1v) is 14.0. The smallest absolute Gasteiger partial charge is 0.226 e. The van der Waals surface area contributed by atoms with Crippen molar-refractivity contribution in [3.8, 4) is 10.6 Å². The number of benzene rings is 1. The van der Waals surface area contributed by atoms with Crippen LogP contribution < -0.4 is 10.6 Å². The number of nitrogens with one attached hydrogen (secondary N) is 2. The lowest BCUT2D eigenvalue weighted by Gasteiger charge is -2.15. The summed E-state index contributed by atoms with van der Waals surface area (Å²) in [5.41, 5.74) is 4.33. The van der Waals surface area contributed by atoms with Crippen molar-refractivity contribution >= 4 is 65.4 Å². The highest BCUT2D eigenvalue weighted by atomic mass is 32.1. The number of para-hydroxylation sites is 1. The van der Waals surface area contributed by atoms with E-state index in [2.05, 4.69) is 26.6 Å². The molecule has 1 aliphatic heterocycles. The van der Waals surface area contributed by atoms with Gasteiger partial charge < -0.3 is 10.6 Å². The first-order valence-electron chi connectivity index (χ1n) is 11.5. The van der Waals surface area contributed by atoms with E-state index in [9.17, 15) is 4.79 Å². The minimum atomic E-state index is 0. The molecule has 1 amide bonds. The number of carbonyl (C=O) groups is 1. The number of fused-ring (bicyclic) bond motifs is 3. The average molecular weight is 523 g/mol. The Bertz CT molecular complexity index is 1460. The summed E-state index contributed by atoms with van der Waals surface area (Å²) in [7, 11) is 2.04. The number of pyridine rings is 1. The summed E-state index contributed by atoms with van der Waals surface area (Å²) in [6, 6.07) is 10.2. The molecule has 1 aromatic carbocycles. The number of anilines is 1. The van der Waals surface area contributed by atoms with Crippen LogP contribution in [0.3, 0.4) is 0 Å².